The third kappa shape index (κ3) is 5.32. The Bertz CT molecular complexity index is 614. The minimum atomic E-state index is -1.24. The molecular formula is C16H17ClF2O4. The number of ketones is 1. The molecule has 0 spiro atoms. The van der Waals surface area contributed by atoms with Gasteiger partial charge < -0.3 is 9.47 Å². The van der Waals surface area contributed by atoms with Crippen LogP contribution in [0.1, 0.15) is 37.0 Å². The van der Waals surface area contributed by atoms with Gasteiger partial charge in [0.25, 0.3) is 0 Å². The molecule has 23 heavy (non-hydrogen) atoms. The quantitative estimate of drug-likeness (QED) is 0.104. The summed E-state index contributed by atoms with van der Waals surface area (Å²) >= 11 is 5.76. The highest BCUT2D eigenvalue weighted by Gasteiger charge is 2.25. The first-order chi connectivity index (χ1) is 10.9. The van der Waals surface area contributed by atoms with Gasteiger partial charge in [0.1, 0.15) is 11.8 Å². The van der Waals surface area contributed by atoms with Gasteiger partial charge in [-0.2, -0.15) is 0 Å². The van der Waals surface area contributed by atoms with Crippen molar-refractivity contribution in [3.63, 3.8) is 0 Å². The second-order valence-electron chi connectivity index (χ2n) is 4.61. The Labute approximate surface area is 138 Å². The standard InChI is InChI=1S/C16H17ClF2O4/c1-3-5-22-9-11(16(21)23-6-4-2)15(20)10-7-13(18)14(19)8-12(10)17/h7-9H,3-6H2,1-2H3. The highest BCUT2D eigenvalue weighted by atomic mass is 35.5. The summed E-state index contributed by atoms with van der Waals surface area (Å²) in [5.74, 6) is -4.23. The molecule has 0 radical (unpaired) electrons. The molecule has 0 saturated heterocycles. The van der Waals surface area contributed by atoms with Crippen molar-refractivity contribution in [1.82, 2.24) is 0 Å². The molecule has 0 N–H and O–H groups in total. The molecule has 126 valence electrons. The normalized spacial score (nSPS) is 11.3. The van der Waals surface area contributed by atoms with Gasteiger partial charge in [0.2, 0.25) is 5.78 Å². The fourth-order valence-corrected chi connectivity index (χ4v) is 1.80. The summed E-state index contributed by atoms with van der Waals surface area (Å²) in [6, 6.07) is 1.31. The van der Waals surface area contributed by atoms with Crippen molar-refractivity contribution in [2.24, 2.45) is 0 Å². The summed E-state index contributed by atoms with van der Waals surface area (Å²) in [5.41, 5.74) is -0.773. The lowest BCUT2D eigenvalue weighted by molar-refractivity contribution is -0.138. The van der Waals surface area contributed by atoms with E-state index in [4.69, 9.17) is 21.1 Å². The van der Waals surface area contributed by atoms with E-state index < -0.39 is 29.0 Å². The third-order valence-corrected chi connectivity index (χ3v) is 2.99. The van der Waals surface area contributed by atoms with Crippen LogP contribution in [0.3, 0.4) is 0 Å². The van der Waals surface area contributed by atoms with Crippen LogP contribution in [0.25, 0.3) is 0 Å². The van der Waals surface area contributed by atoms with E-state index in [1.165, 1.54) is 0 Å². The van der Waals surface area contributed by atoms with Gasteiger partial charge in [0, 0.05) is 5.56 Å². The van der Waals surface area contributed by atoms with Crippen LogP contribution in [0.5, 0.6) is 0 Å². The molecule has 1 rings (SSSR count). The van der Waals surface area contributed by atoms with E-state index >= 15 is 0 Å². The van der Waals surface area contributed by atoms with Gasteiger partial charge in [-0.3, -0.25) is 4.79 Å². The maximum Gasteiger partial charge on any atom is 0.345 e. The number of esters is 1. The summed E-state index contributed by atoms with van der Waals surface area (Å²) in [5, 5.41) is -0.307. The van der Waals surface area contributed by atoms with E-state index in [2.05, 4.69) is 0 Å². The van der Waals surface area contributed by atoms with Crippen LogP contribution < -0.4 is 0 Å². The van der Waals surface area contributed by atoms with Crippen LogP contribution >= 0.6 is 11.6 Å². The molecule has 0 atom stereocenters. The fourth-order valence-electron chi connectivity index (χ4n) is 1.57. The molecule has 4 nitrogen and oxygen atoms in total. The third-order valence-electron chi connectivity index (χ3n) is 2.68. The van der Waals surface area contributed by atoms with Crippen molar-refractivity contribution >= 4 is 23.4 Å². The Morgan fingerprint density at radius 3 is 2.35 bits per heavy atom. The molecule has 7 heteroatoms. The smallest absolute Gasteiger partial charge is 0.345 e. The lowest BCUT2D eigenvalue weighted by Gasteiger charge is -2.09. The first-order valence-corrected chi connectivity index (χ1v) is 7.48. The highest BCUT2D eigenvalue weighted by Crippen LogP contribution is 2.23. The van der Waals surface area contributed by atoms with Gasteiger partial charge >= 0.3 is 5.97 Å². The van der Waals surface area contributed by atoms with Crippen molar-refractivity contribution in [2.45, 2.75) is 26.7 Å². The number of hydrogen-bond donors (Lipinski definition) is 0. The van der Waals surface area contributed by atoms with Crippen LogP contribution in [0, 0.1) is 11.6 Å². The van der Waals surface area contributed by atoms with Crippen molar-refractivity contribution in [3.8, 4) is 0 Å². The topological polar surface area (TPSA) is 52.6 Å². The Balaban J connectivity index is 3.15. The summed E-state index contributed by atoms with van der Waals surface area (Å²) in [4.78, 5) is 24.4. The number of carbonyl (C=O) groups is 2. The fraction of sp³-hybridized carbons (Fsp3) is 0.375. The van der Waals surface area contributed by atoms with E-state index in [9.17, 15) is 18.4 Å². The zero-order valence-electron chi connectivity index (χ0n) is 12.8. The minimum absolute atomic E-state index is 0.114. The number of rotatable bonds is 8. The minimum Gasteiger partial charge on any atom is -0.500 e. The number of hydrogen-bond acceptors (Lipinski definition) is 4. The summed E-state index contributed by atoms with van der Waals surface area (Å²) in [6.45, 7) is 4.03. The second kappa shape index (κ2) is 9.25. The number of halogens is 3. The monoisotopic (exact) mass is 346 g/mol. The van der Waals surface area contributed by atoms with Crippen LogP contribution in [-0.4, -0.2) is 25.0 Å². The summed E-state index contributed by atoms with van der Waals surface area (Å²) < 4.78 is 36.4. The highest BCUT2D eigenvalue weighted by molar-refractivity contribution is 6.36. The predicted octanol–water partition coefficient (Wildman–Crippen LogP) is 4.06. The molecule has 0 aliphatic carbocycles. The Hall–Kier alpha value is -1.95. The maximum absolute atomic E-state index is 13.3. The van der Waals surface area contributed by atoms with Crippen LogP contribution in [-0.2, 0) is 14.3 Å². The van der Waals surface area contributed by atoms with Crippen molar-refractivity contribution < 1.29 is 27.8 Å². The van der Waals surface area contributed by atoms with Crippen molar-refractivity contribution in [1.29, 1.82) is 0 Å². The van der Waals surface area contributed by atoms with Gasteiger partial charge in [-0.05, 0) is 25.0 Å². The molecule has 0 unspecified atom stereocenters. The van der Waals surface area contributed by atoms with E-state index in [1.807, 2.05) is 6.92 Å². The molecule has 0 aliphatic heterocycles. The Kier molecular flexibility index (Phi) is 7.68. The molecule has 0 fully saturated rings. The van der Waals surface area contributed by atoms with Gasteiger partial charge in [-0.1, -0.05) is 25.4 Å². The molecule has 0 saturated carbocycles. The second-order valence-corrected chi connectivity index (χ2v) is 5.02. The zero-order valence-corrected chi connectivity index (χ0v) is 13.6. The average Bonchev–Trinajstić information content (AvgIpc) is 2.52. The lowest BCUT2D eigenvalue weighted by Crippen LogP contribution is -2.18. The van der Waals surface area contributed by atoms with Crippen molar-refractivity contribution in [2.75, 3.05) is 13.2 Å². The summed E-state index contributed by atoms with van der Waals surface area (Å²) in [7, 11) is 0. The molecular weight excluding hydrogens is 330 g/mol. The molecule has 0 aliphatic rings. The SMILES string of the molecule is CCCOC=C(C(=O)OCCC)C(=O)c1cc(F)c(F)cc1Cl. The number of carbonyl (C=O) groups excluding carboxylic acids is 2. The Morgan fingerprint density at radius 1 is 1.13 bits per heavy atom. The van der Waals surface area contributed by atoms with Gasteiger partial charge in [-0.15, -0.1) is 0 Å². The van der Waals surface area contributed by atoms with Gasteiger partial charge in [0.05, 0.1) is 18.2 Å². The van der Waals surface area contributed by atoms with Crippen LogP contribution in [0.15, 0.2) is 24.0 Å². The number of Topliss-reactive ketones (excluding diaryl/α,β-unsaturated/α-hetero) is 1. The largest absolute Gasteiger partial charge is 0.500 e. The van der Waals surface area contributed by atoms with E-state index in [0.717, 1.165) is 6.26 Å². The molecule has 0 aromatic heterocycles. The zero-order chi connectivity index (χ0) is 17.4. The predicted molar refractivity (Wildman–Crippen MR) is 81.3 cm³/mol. The van der Waals surface area contributed by atoms with Crippen LogP contribution in [0.4, 0.5) is 8.78 Å². The van der Waals surface area contributed by atoms with Crippen LogP contribution in [0.2, 0.25) is 5.02 Å². The summed E-state index contributed by atoms with van der Waals surface area (Å²) in [6.07, 6.45) is 2.18. The molecule has 0 amide bonds. The van der Waals surface area contributed by atoms with Gasteiger partial charge in [0.15, 0.2) is 11.6 Å². The molecule has 0 heterocycles. The van der Waals surface area contributed by atoms with E-state index in [-0.39, 0.29) is 23.8 Å². The van der Waals surface area contributed by atoms with Crippen molar-refractivity contribution in [3.05, 3.63) is 46.2 Å². The first-order valence-electron chi connectivity index (χ1n) is 7.10. The number of benzene rings is 1. The van der Waals surface area contributed by atoms with E-state index in [0.29, 0.717) is 25.0 Å². The lowest BCUT2D eigenvalue weighted by atomic mass is 10.0. The average molecular weight is 347 g/mol. The molecule has 1 aromatic carbocycles. The first kappa shape index (κ1) is 19.1. The molecule has 1 aromatic rings. The Morgan fingerprint density at radius 2 is 1.74 bits per heavy atom. The number of ether oxygens (including phenoxy) is 2. The molecule has 0 bridgehead atoms. The maximum atomic E-state index is 13.3. The van der Waals surface area contributed by atoms with E-state index in [1.54, 1.807) is 6.92 Å². The van der Waals surface area contributed by atoms with Gasteiger partial charge in [-0.25, -0.2) is 13.6 Å².